The fourth-order valence-corrected chi connectivity index (χ4v) is 3.23. The fraction of sp³-hybridized carbons (Fsp3) is 0.278. The lowest BCUT2D eigenvalue weighted by molar-refractivity contribution is -0.115. The standard InChI is InChI=1S/C18H20N4O2/c1-11-7-19-9-16(24)17(11)18(15-8-21-22-12(15)2)13-4-3-5-14(6-13)20-10-23/h3-6,8,10,18-19H,7,9H2,1-2H3,(H,20,23)(H,21,22). The van der Waals surface area contributed by atoms with Crippen LogP contribution in [0, 0.1) is 6.92 Å². The van der Waals surface area contributed by atoms with E-state index in [0.717, 1.165) is 28.0 Å². The lowest BCUT2D eigenvalue weighted by Crippen LogP contribution is -2.34. The highest BCUT2D eigenvalue weighted by atomic mass is 16.1. The van der Waals surface area contributed by atoms with Crippen LogP contribution < -0.4 is 10.6 Å². The summed E-state index contributed by atoms with van der Waals surface area (Å²) in [5.41, 5.74) is 5.40. The van der Waals surface area contributed by atoms with Gasteiger partial charge in [-0.3, -0.25) is 14.7 Å². The molecular weight excluding hydrogens is 304 g/mol. The van der Waals surface area contributed by atoms with E-state index in [1.54, 1.807) is 6.20 Å². The summed E-state index contributed by atoms with van der Waals surface area (Å²) in [5.74, 6) is -0.107. The van der Waals surface area contributed by atoms with E-state index in [9.17, 15) is 9.59 Å². The van der Waals surface area contributed by atoms with Crippen molar-refractivity contribution in [3.8, 4) is 0 Å². The number of nitrogens with zero attached hydrogens (tertiary/aromatic N) is 1. The molecule has 0 spiro atoms. The highest BCUT2D eigenvalue weighted by molar-refractivity contribution is 6.00. The minimum Gasteiger partial charge on any atom is -0.329 e. The lowest BCUT2D eigenvalue weighted by atomic mass is 9.79. The van der Waals surface area contributed by atoms with E-state index in [1.807, 2.05) is 38.1 Å². The smallest absolute Gasteiger partial charge is 0.211 e. The van der Waals surface area contributed by atoms with Crippen molar-refractivity contribution in [1.82, 2.24) is 15.5 Å². The zero-order valence-electron chi connectivity index (χ0n) is 13.7. The molecule has 124 valence electrons. The zero-order valence-corrected chi connectivity index (χ0v) is 13.7. The van der Waals surface area contributed by atoms with Crippen molar-refractivity contribution in [2.24, 2.45) is 0 Å². The Morgan fingerprint density at radius 1 is 1.29 bits per heavy atom. The van der Waals surface area contributed by atoms with Gasteiger partial charge in [0.15, 0.2) is 5.78 Å². The van der Waals surface area contributed by atoms with Crippen molar-refractivity contribution in [2.45, 2.75) is 19.8 Å². The number of benzene rings is 1. The number of amides is 1. The van der Waals surface area contributed by atoms with Gasteiger partial charge in [0.25, 0.3) is 0 Å². The Kier molecular flexibility index (Phi) is 4.57. The van der Waals surface area contributed by atoms with Gasteiger partial charge in [0.1, 0.15) is 0 Å². The third-order valence-electron chi connectivity index (χ3n) is 4.35. The second-order valence-corrected chi connectivity index (χ2v) is 5.99. The second kappa shape index (κ2) is 6.80. The third-order valence-corrected chi connectivity index (χ3v) is 4.35. The normalized spacial score (nSPS) is 16.2. The Labute approximate surface area is 140 Å². The number of carbonyl (C=O) groups is 2. The maximum absolute atomic E-state index is 12.6. The summed E-state index contributed by atoms with van der Waals surface area (Å²) in [4.78, 5) is 23.4. The lowest BCUT2D eigenvalue weighted by Gasteiger charge is -2.26. The monoisotopic (exact) mass is 324 g/mol. The van der Waals surface area contributed by atoms with Gasteiger partial charge in [-0.2, -0.15) is 5.10 Å². The van der Waals surface area contributed by atoms with E-state index in [4.69, 9.17) is 0 Å². The predicted octanol–water partition coefficient (Wildman–Crippen LogP) is 1.91. The molecule has 3 N–H and O–H groups in total. The molecule has 1 amide bonds. The van der Waals surface area contributed by atoms with Crippen LogP contribution in [-0.2, 0) is 9.59 Å². The molecule has 0 radical (unpaired) electrons. The number of aromatic amines is 1. The van der Waals surface area contributed by atoms with Crippen molar-refractivity contribution in [3.05, 3.63) is 58.4 Å². The molecule has 0 fully saturated rings. The van der Waals surface area contributed by atoms with Crippen LogP contribution in [-0.4, -0.2) is 35.5 Å². The molecule has 1 aromatic heterocycles. The van der Waals surface area contributed by atoms with Crippen molar-refractivity contribution in [3.63, 3.8) is 0 Å². The largest absolute Gasteiger partial charge is 0.329 e. The number of hydrogen-bond donors (Lipinski definition) is 3. The molecule has 2 heterocycles. The molecule has 1 aliphatic rings. The molecule has 1 unspecified atom stereocenters. The minimum atomic E-state index is -0.202. The van der Waals surface area contributed by atoms with Gasteiger partial charge < -0.3 is 10.6 Å². The molecule has 0 saturated carbocycles. The van der Waals surface area contributed by atoms with Gasteiger partial charge >= 0.3 is 0 Å². The molecule has 6 heteroatoms. The Morgan fingerprint density at radius 2 is 2.12 bits per heavy atom. The first-order chi connectivity index (χ1) is 11.6. The number of aromatic nitrogens is 2. The van der Waals surface area contributed by atoms with Crippen LogP contribution in [0.5, 0.6) is 0 Å². The number of anilines is 1. The van der Waals surface area contributed by atoms with E-state index in [1.165, 1.54) is 0 Å². The van der Waals surface area contributed by atoms with Crippen LogP contribution in [0.25, 0.3) is 0 Å². The van der Waals surface area contributed by atoms with Crippen LogP contribution in [0.2, 0.25) is 0 Å². The molecule has 1 aromatic carbocycles. The summed E-state index contributed by atoms with van der Waals surface area (Å²) < 4.78 is 0. The third kappa shape index (κ3) is 3.00. The van der Waals surface area contributed by atoms with Crippen molar-refractivity contribution in [2.75, 3.05) is 18.4 Å². The molecule has 2 aromatic rings. The van der Waals surface area contributed by atoms with E-state index in [0.29, 0.717) is 25.2 Å². The van der Waals surface area contributed by atoms with Gasteiger partial charge in [-0.25, -0.2) is 0 Å². The number of carbonyl (C=O) groups excluding carboxylic acids is 2. The van der Waals surface area contributed by atoms with Crippen LogP contribution in [0.1, 0.15) is 29.7 Å². The first-order valence-corrected chi connectivity index (χ1v) is 7.85. The number of nitrogens with one attached hydrogen (secondary N) is 3. The van der Waals surface area contributed by atoms with Crippen LogP contribution >= 0.6 is 0 Å². The van der Waals surface area contributed by atoms with Gasteiger partial charge in [-0.15, -0.1) is 0 Å². The average Bonchev–Trinajstić information content (AvgIpc) is 2.97. The summed E-state index contributed by atoms with van der Waals surface area (Å²) in [6.07, 6.45) is 2.42. The molecule has 0 bridgehead atoms. The maximum atomic E-state index is 12.6. The Hall–Kier alpha value is -2.73. The highest BCUT2D eigenvalue weighted by Crippen LogP contribution is 2.36. The minimum absolute atomic E-state index is 0.0955. The molecule has 6 nitrogen and oxygen atoms in total. The summed E-state index contributed by atoms with van der Waals surface area (Å²) in [7, 11) is 0. The van der Waals surface area contributed by atoms with E-state index < -0.39 is 0 Å². The molecule has 24 heavy (non-hydrogen) atoms. The maximum Gasteiger partial charge on any atom is 0.211 e. The number of rotatable bonds is 5. The Bertz CT molecular complexity index is 807. The molecule has 1 aliphatic heterocycles. The summed E-state index contributed by atoms with van der Waals surface area (Å²) in [5, 5.41) is 12.9. The molecule has 1 atom stereocenters. The Balaban J connectivity index is 2.17. The van der Waals surface area contributed by atoms with E-state index in [-0.39, 0.29) is 11.7 Å². The van der Waals surface area contributed by atoms with Crippen molar-refractivity contribution < 1.29 is 9.59 Å². The van der Waals surface area contributed by atoms with E-state index >= 15 is 0 Å². The van der Waals surface area contributed by atoms with E-state index in [2.05, 4.69) is 20.8 Å². The molecule has 0 aliphatic carbocycles. The summed E-state index contributed by atoms with van der Waals surface area (Å²) in [6.45, 7) is 4.97. The van der Waals surface area contributed by atoms with Gasteiger partial charge in [0.2, 0.25) is 6.41 Å². The van der Waals surface area contributed by atoms with Crippen molar-refractivity contribution >= 4 is 17.9 Å². The van der Waals surface area contributed by atoms with Crippen LogP contribution in [0.3, 0.4) is 0 Å². The summed E-state index contributed by atoms with van der Waals surface area (Å²) >= 11 is 0. The van der Waals surface area contributed by atoms with Gasteiger partial charge in [0.05, 0.1) is 12.7 Å². The molecular formula is C18H20N4O2. The molecule has 3 rings (SSSR count). The zero-order chi connectivity index (χ0) is 17.1. The van der Waals surface area contributed by atoms with Gasteiger partial charge in [-0.1, -0.05) is 17.7 Å². The predicted molar refractivity (Wildman–Crippen MR) is 91.9 cm³/mol. The molecule has 0 saturated heterocycles. The topological polar surface area (TPSA) is 86.9 Å². The Morgan fingerprint density at radius 3 is 2.79 bits per heavy atom. The quantitative estimate of drug-likeness (QED) is 0.733. The number of Topliss-reactive ketones (excluding diaryl/α,β-unsaturated/α-hetero) is 1. The second-order valence-electron chi connectivity index (χ2n) is 5.99. The van der Waals surface area contributed by atoms with Gasteiger partial charge in [0, 0.05) is 35.0 Å². The van der Waals surface area contributed by atoms with Crippen molar-refractivity contribution in [1.29, 1.82) is 0 Å². The first kappa shape index (κ1) is 16.1. The number of H-pyrrole nitrogens is 1. The average molecular weight is 324 g/mol. The SMILES string of the molecule is CC1=C(C(c2cccc(NC=O)c2)c2cn[nH]c2C)C(=O)CNC1. The highest BCUT2D eigenvalue weighted by Gasteiger charge is 2.30. The number of hydrogen-bond acceptors (Lipinski definition) is 4. The summed E-state index contributed by atoms with van der Waals surface area (Å²) in [6, 6.07) is 7.58. The first-order valence-electron chi connectivity index (χ1n) is 7.85. The van der Waals surface area contributed by atoms with Gasteiger partial charge in [-0.05, 0) is 31.5 Å². The van der Waals surface area contributed by atoms with Crippen LogP contribution in [0.15, 0.2) is 41.6 Å². The number of aryl methyl sites for hydroxylation is 1. The number of ketones is 1. The fourth-order valence-electron chi connectivity index (χ4n) is 3.23. The van der Waals surface area contributed by atoms with Crippen LogP contribution in [0.4, 0.5) is 5.69 Å².